The quantitative estimate of drug-likeness (QED) is 0.818. The molecule has 0 bridgehead atoms. The average Bonchev–Trinajstić information content (AvgIpc) is 2.95. The predicted octanol–water partition coefficient (Wildman–Crippen LogP) is 1.24. The summed E-state index contributed by atoms with van der Waals surface area (Å²) in [4.78, 5) is 25.4. The first-order valence-corrected chi connectivity index (χ1v) is 7.03. The molecule has 114 valence electrons. The molecule has 2 N–H and O–H groups in total. The summed E-state index contributed by atoms with van der Waals surface area (Å²) in [5.41, 5.74) is 0.898. The molecule has 1 aromatic carbocycles. The van der Waals surface area contributed by atoms with Gasteiger partial charge in [-0.25, -0.2) is 4.79 Å². The molecule has 2 amide bonds. The number of likely N-dealkylation sites (tertiary alicyclic amines) is 1. The fraction of sp³-hybridized carbons (Fsp3) is 0.467. The Balaban J connectivity index is 1.90. The van der Waals surface area contributed by atoms with Crippen molar-refractivity contribution < 1.29 is 19.4 Å². The first-order chi connectivity index (χ1) is 10.1. The van der Waals surface area contributed by atoms with Gasteiger partial charge in [0, 0.05) is 6.54 Å². The number of benzene rings is 1. The van der Waals surface area contributed by atoms with Crippen LogP contribution in [-0.2, 0) is 16.1 Å². The van der Waals surface area contributed by atoms with Crippen LogP contribution in [0.1, 0.15) is 25.3 Å². The van der Waals surface area contributed by atoms with E-state index < -0.39 is 18.4 Å². The van der Waals surface area contributed by atoms with Crippen LogP contribution in [0.4, 0.5) is 4.79 Å². The number of carbonyl (C=O) groups excluding carboxylic acids is 2. The van der Waals surface area contributed by atoms with Gasteiger partial charge in [0.05, 0.1) is 0 Å². The second kappa shape index (κ2) is 7.08. The highest BCUT2D eigenvalue weighted by molar-refractivity contribution is 5.86. The number of aliphatic hydroxyl groups excluding tert-OH is 1. The maximum absolute atomic E-state index is 12.1. The van der Waals surface area contributed by atoms with Crippen LogP contribution in [0.2, 0.25) is 0 Å². The Kier molecular flexibility index (Phi) is 5.16. The van der Waals surface area contributed by atoms with Gasteiger partial charge in [-0.1, -0.05) is 30.3 Å². The highest BCUT2D eigenvalue weighted by atomic mass is 16.6. The summed E-state index contributed by atoms with van der Waals surface area (Å²) < 4.78 is 5.24. The SMILES string of the molecule is CC(O)NC(=O)[C@@H]1CCCN1C(=O)OCc1ccccc1. The molecular weight excluding hydrogens is 272 g/mol. The van der Waals surface area contributed by atoms with E-state index >= 15 is 0 Å². The minimum atomic E-state index is -0.930. The van der Waals surface area contributed by atoms with Crippen molar-refractivity contribution in [3.8, 4) is 0 Å². The van der Waals surface area contributed by atoms with Crippen LogP contribution in [0.5, 0.6) is 0 Å². The van der Waals surface area contributed by atoms with Crippen LogP contribution in [0.25, 0.3) is 0 Å². The highest BCUT2D eigenvalue weighted by Crippen LogP contribution is 2.19. The second-order valence-corrected chi connectivity index (χ2v) is 5.08. The Hall–Kier alpha value is -2.08. The fourth-order valence-corrected chi connectivity index (χ4v) is 2.36. The summed E-state index contributed by atoms with van der Waals surface area (Å²) in [6.45, 7) is 2.14. The lowest BCUT2D eigenvalue weighted by molar-refractivity contribution is -0.127. The first-order valence-electron chi connectivity index (χ1n) is 7.03. The van der Waals surface area contributed by atoms with E-state index in [2.05, 4.69) is 5.32 Å². The van der Waals surface area contributed by atoms with Crippen LogP contribution in [0, 0.1) is 0 Å². The molecule has 0 saturated carbocycles. The molecule has 0 aromatic heterocycles. The second-order valence-electron chi connectivity index (χ2n) is 5.08. The van der Waals surface area contributed by atoms with E-state index in [9.17, 15) is 14.7 Å². The van der Waals surface area contributed by atoms with Crippen LogP contribution in [0.15, 0.2) is 30.3 Å². The zero-order valence-corrected chi connectivity index (χ0v) is 12.0. The number of nitrogens with zero attached hydrogens (tertiary/aromatic N) is 1. The lowest BCUT2D eigenvalue weighted by atomic mass is 10.2. The number of hydrogen-bond donors (Lipinski definition) is 2. The van der Waals surface area contributed by atoms with Gasteiger partial charge >= 0.3 is 6.09 Å². The Morgan fingerprint density at radius 3 is 2.81 bits per heavy atom. The highest BCUT2D eigenvalue weighted by Gasteiger charge is 2.35. The van der Waals surface area contributed by atoms with Crippen molar-refractivity contribution in [3.05, 3.63) is 35.9 Å². The molecule has 1 aliphatic rings. The van der Waals surface area contributed by atoms with E-state index in [0.29, 0.717) is 13.0 Å². The summed E-state index contributed by atoms with van der Waals surface area (Å²) in [5, 5.41) is 11.6. The third-order valence-electron chi connectivity index (χ3n) is 3.35. The summed E-state index contributed by atoms with van der Waals surface area (Å²) in [6, 6.07) is 8.81. The number of carbonyl (C=O) groups is 2. The molecule has 1 unspecified atom stereocenters. The average molecular weight is 292 g/mol. The van der Waals surface area contributed by atoms with Crippen LogP contribution in [-0.4, -0.2) is 40.8 Å². The van der Waals surface area contributed by atoms with E-state index in [-0.39, 0.29) is 12.5 Å². The van der Waals surface area contributed by atoms with Gasteiger partial charge in [0.2, 0.25) is 5.91 Å². The van der Waals surface area contributed by atoms with E-state index in [4.69, 9.17) is 4.74 Å². The molecule has 0 aliphatic carbocycles. The van der Waals surface area contributed by atoms with E-state index in [1.807, 2.05) is 30.3 Å². The number of aliphatic hydroxyl groups is 1. The Morgan fingerprint density at radius 1 is 1.43 bits per heavy atom. The first kappa shape index (κ1) is 15.3. The van der Waals surface area contributed by atoms with E-state index in [1.54, 1.807) is 0 Å². The van der Waals surface area contributed by atoms with Crippen molar-refractivity contribution in [2.45, 2.75) is 38.6 Å². The van der Waals surface area contributed by atoms with E-state index in [0.717, 1.165) is 12.0 Å². The molecular formula is C15H20N2O4. The molecule has 6 nitrogen and oxygen atoms in total. The third-order valence-corrected chi connectivity index (χ3v) is 3.35. The summed E-state index contributed by atoms with van der Waals surface area (Å²) in [6.07, 6.45) is -0.0977. The lowest BCUT2D eigenvalue weighted by Crippen LogP contribution is -2.48. The smallest absolute Gasteiger partial charge is 0.410 e. The van der Waals surface area contributed by atoms with Crippen molar-refractivity contribution in [2.75, 3.05) is 6.54 Å². The zero-order valence-electron chi connectivity index (χ0n) is 12.0. The summed E-state index contributed by atoms with van der Waals surface area (Å²) >= 11 is 0. The van der Waals surface area contributed by atoms with Crippen molar-refractivity contribution in [1.82, 2.24) is 10.2 Å². The van der Waals surface area contributed by atoms with E-state index in [1.165, 1.54) is 11.8 Å². The maximum atomic E-state index is 12.1. The number of ether oxygens (including phenoxy) is 1. The molecule has 2 rings (SSSR count). The summed E-state index contributed by atoms with van der Waals surface area (Å²) in [5.74, 6) is -0.348. The number of hydrogen-bond acceptors (Lipinski definition) is 4. The van der Waals surface area contributed by atoms with Gasteiger partial charge in [-0.05, 0) is 25.3 Å². The van der Waals surface area contributed by atoms with Crippen LogP contribution in [0.3, 0.4) is 0 Å². The monoisotopic (exact) mass is 292 g/mol. The molecule has 0 radical (unpaired) electrons. The Labute approximate surface area is 123 Å². The normalized spacial score (nSPS) is 19.1. The minimum Gasteiger partial charge on any atom is -0.445 e. The van der Waals surface area contributed by atoms with Crippen LogP contribution < -0.4 is 5.32 Å². The standard InChI is InChI=1S/C15H20N2O4/c1-11(18)16-14(19)13-8-5-9-17(13)15(20)21-10-12-6-3-2-4-7-12/h2-4,6-7,11,13,18H,5,8-10H2,1H3,(H,16,19)/t11?,13-/m0/s1. The molecule has 21 heavy (non-hydrogen) atoms. The Morgan fingerprint density at radius 2 is 2.14 bits per heavy atom. The van der Waals surface area contributed by atoms with Crippen molar-refractivity contribution in [1.29, 1.82) is 0 Å². The lowest BCUT2D eigenvalue weighted by Gasteiger charge is -2.23. The molecule has 1 fully saturated rings. The van der Waals surface area contributed by atoms with Gasteiger partial charge in [0.1, 0.15) is 18.9 Å². The van der Waals surface area contributed by atoms with Gasteiger partial charge < -0.3 is 15.2 Å². The Bertz CT molecular complexity index is 490. The number of amides is 2. The van der Waals surface area contributed by atoms with Gasteiger partial charge in [-0.2, -0.15) is 0 Å². The summed E-state index contributed by atoms with van der Waals surface area (Å²) in [7, 11) is 0. The maximum Gasteiger partial charge on any atom is 0.410 e. The van der Waals surface area contributed by atoms with Gasteiger partial charge in [0.25, 0.3) is 0 Å². The molecule has 1 aliphatic heterocycles. The van der Waals surface area contributed by atoms with Gasteiger partial charge in [0.15, 0.2) is 0 Å². The molecule has 2 atom stereocenters. The topological polar surface area (TPSA) is 78.9 Å². The molecule has 1 heterocycles. The fourth-order valence-electron chi connectivity index (χ4n) is 2.36. The van der Waals surface area contributed by atoms with Crippen LogP contribution >= 0.6 is 0 Å². The van der Waals surface area contributed by atoms with Crippen molar-refractivity contribution in [2.24, 2.45) is 0 Å². The molecule has 1 aromatic rings. The number of nitrogens with one attached hydrogen (secondary N) is 1. The molecule has 6 heteroatoms. The van der Waals surface area contributed by atoms with Gasteiger partial charge in [-0.3, -0.25) is 9.69 Å². The van der Waals surface area contributed by atoms with Crippen molar-refractivity contribution >= 4 is 12.0 Å². The number of rotatable bonds is 4. The molecule has 1 saturated heterocycles. The van der Waals surface area contributed by atoms with Gasteiger partial charge in [-0.15, -0.1) is 0 Å². The van der Waals surface area contributed by atoms with Crippen molar-refractivity contribution in [3.63, 3.8) is 0 Å². The predicted molar refractivity (Wildman–Crippen MR) is 76.2 cm³/mol. The zero-order chi connectivity index (χ0) is 15.2. The minimum absolute atomic E-state index is 0.181. The molecule has 0 spiro atoms. The third kappa shape index (κ3) is 4.19. The largest absolute Gasteiger partial charge is 0.445 e.